The SMILES string of the molecule is CCCCCCCCC=C(CC)c1ccccc1. The molecule has 0 aliphatic heterocycles. The highest BCUT2D eigenvalue weighted by atomic mass is 14.0. The van der Waals surface area contributed by atoms with Gasteiger partial charge in [0.25, 0.3) is 0 Å². The topological polar surface area (TPSA) is 0 Å². The summed E-state index contributed by atoms with van der Waals surface area (Å²) in [6.07, 6.45) is 13.1. The summed E-state index contributed by atoms with van der Waals surface area (Å²) in [5.74, 6) is 0. The molecule has 18 heavy (non-hydrogen) atoms. The van der Waals surface area contributed by atoms with E-state index in [0.717, 1.165) is 6.42 Å². The van der Waals surface area contributed by atoms with Crippen molar-refractivity contribution in [3.8, 4) is 0 Å². The first-order valence-corrected chi connectivity index (χ1v) is 7.63. The highest BCUT2D eigenvalue weighted by molar-refractivity contribution is 5.65. The van der Waals surface area contributed by atoms with Crippen LogP contribution >= 0.6 is 0 Å². The fourth-order valence-corrected chi connectivity index (χ4v) is 2.32. The van der Waals surface area contributed by atoms with Crippen LogP contribution in [0.1, 0.15) is 70.8 Å². The first-order chi connectivity index (χ1) is 8.88. The molecule has 0 aliphatic carbocycles. The summed E-state index contributed by atoms with van der Waals surface area (Å²) < 4.78 is 0. The maximum Gasteiger partial charge on any atom is -0.0228 e. The van der Waals surface area contributed by atoms with Gasteiger partial charge in [-0.1, -0.05) is 82.4 Å². The van der Waals surface area contributed by atoms with Crippen molar-refractivity contribution < 1.29 is 0 Å². The molecule has 0 fully saturated rings. The highest BCUT2D eigenvalue weighted by Crippen LogP contribution is 2.19. The predicted octanol–water partition coefficient (Wildman–Crippen LogP) is 6.23. The minimum Gasteiger partial charge on any atom is -0.0807 e. The van der Waals surface area contributed by atoms with Gasteiger partial charge in [-0.25, -0.2) is 0 Å². The number of allylic oxidation sites excluding steroid dienone is 2. The Hall–Kier alpha value is -1.04. The van der Waals surface area contributed by atoms with Gasteiger partial charge in [-0.3, -0.25) is 0 Å². The van der Waals surface area contributed by atoms with E-state index in [0.29, 0.717) is 0 Å². The van der Waals surface area contributed by atoms with E-state index in [2.05, 4.69) is 50.3 Å². The lowest BCUT2D eigenvalue weighted by Crippen LogP contribution is -1.83. The van der Waals surface area contributed by atoms with Crippen LogP contribution in [-0.2, 0) is 0 Å². The van der Waals surface area contributed by atoms with E-state index in [1.165, 1.54) is 56.1 Å². The molecule has 0 aliphatic rings. The Balaban J connectivity index is 2.27. The standard InChI is InChI=1S/C18H28/c1-3-5-6-7-8-9-11-14-17(4-2)18-15-12-10-13-16-18/h10,12-16H,3-9,11H2,1-2H3. The lowest BCUT2D eigenvalue weighted by molar-refractivity contribution is 0.611. The van der Waals surface area contributed by atoms with Crippen LogP contribution in [0.2, 0.25) is 0 Å². The van der Waals surface area contributed by atoms with Crippen LogP contribution in [0.15, 0.2) is 36.4 Å². The molecule has 1 aromatic carbocycles. The molecule has 0 heterocycles. The Kier molecular flexibility index (Phi) is 8.29. The molecular weight excluding hydrogens is 216 g/mol. The fraction of sp³-hybridized carbons (Fsp3) is 0.556. The third kappa shape index (κ3) is 6.05. The number of hydrogen-bond donors (Lipinski definition) is 0. The first-order valence-electron chi connectivity index (χ1n) is 7.63. The Morgan fingerprint density at radius 2 is 1.56 bits per heavy atom. The normalized spacial score (nSPS) is 11.8. The van der Waals surface area contributed by atoms with E-state index in [9.17, 15) is 0 Å². The van der Waals surface area contributed by atoms with Crippen molar-refractivity contribution in [1.82, 2.24) is 0 Å². The smallest absolute Gasteiger partial charge is 0.0228 e. The second kappa shape index (κ2) is 9.94. The number of rotatable bonds is 9. The molecule has 0 spiro atoms. The van der Waals surface area contributed by atoms with Gasteiger partial charge in [0.2, 0.25) is 0 Å². The first kappa shape index (κ1) is 15.0. The summed E-state index contributed by atoms with van der Waals surface area (Å²) in [6.45, 7) is 4.52. The molecule has 0 bridgehead atoms. The molecule has 1 rings (SSSR count). The second-order valence-corrected chi connectivity index (χ2v) is 5.01. The van der Waals surface area contributed by atoms with Crippen molar-refractivity contribution in [3.05, 3.63) is 42.0 Å². The van der Waals surface area contributed by atoms with Crippen molar-refractivity contribution in [1.29, 1.82) is 0 Å². The maximum atomic E-state index is 2.44. The Bertz CT molecular complexity index is 321. The molecule has 0 radical (unpaired) electrons. The quantitative estimate of drug-likeness (QED) is 0.452. The Labute approximate surface area is 113 Å². The van der Waals surface area contributed by atoms with Gasteiger partial charge in [-0.15, -0.1) is 0 Å². The van der Waals surface area contributed by atoms with Gasteiger partial charge >= 0.3 is 0 Å². The van der Waals surface area contributed by atoms with Gasteiger partial charge < -0.3 is 0 Å². The van der Waals surface area contributed by atoms with Crippen LogP contribution in [0.3, 0.4) is 0 Å². The van der Waals surface area contributed by atoms with Gasteiger partial charge in [0.1, 0.15) is 0 Å². The number of benzene rings is 1. The van der Waals surface area contributed by atoms with Gasteiger partial charge in [0, 0.05) is 0 Å². The minimum atomic E-state index is 1.14. The van der Waals surface area contributed by atoms with Crippen LogP contribution in [0.4, 0.5) is 0 Å². The molecule has 0 amide bonds. The predicted molar refractivity (Wildman–Crippen MR) is 82.7 cm³/mol. The molecule has 100 valence electrons. The van der Waals surface area contributed by atoms with Crippen LogP contribution in [0.5, 0.6) is 0 Å². The highest BCUT2D eigenvalue weighted by Gasteiger charge is 1.97. The lowest BCUT2D eigenvalue weighted by atomic mass is 10.0. The Morgan fingerprint density at radius 1 is 0.889 bits per heavy atom. The van der Waals surface area contributed by atoms with E-state index in [4.69, 9.17) is 0 Å². The zero-order valence-electron chi connectivity index (χ0n) is 12.1. The Morgan fingerprint density at radius 3 is 2.22 bits per heavy atom. The number of hydrogen-bond acceptors (Lipinski definition) is 0. The molecule has 0 heteroatoms. The third-order valence-corrected chi connectivity index (χ3v) is 3.47. The molecule has 0 saturated carbocycles. The van der Waals surface area contributed by atoms with Crippen molar-refractivity contribution >= 4 is 5.57 Å². The molecule has 0 aromatic heterocycles. The molecule has 1 aromatic rings. The van der Waals surface area contributed by atoms with Gasteiger partial charge in [-0.2, -0.15) is 0 Å². The van der Waals surface area contributed by atoms with Crippen molar-refractivity contribution in [2.24, 2.45) is 0 Å². The summed E-state index contributed by atoms with van der Waals surface area (Å²) in [4.78, 5) is 0. The van der Waals surface area contributed by atoms with Gasteiger partial charge in [0.15, 0.2) is 0 Å². The number of unbranched alkanes of at least 4 members (excludes halogenated alkanes) is 6. The summed E-state index contributed by atoms with van der Waals surface area (Å²) in [5, 5.41) is 0. The van der Waals surface area contributed by atoms with E-state index >= 15 is 0 Å². The molecular formula is C18H28. The average Bonchev–Trinajstić information content (AvgIpc) is 2.43. The average molecular weight is 244 g/mol. The van der Waals surface area contributed by atoms with Crippen molar-refractivity contribution in [3.63, 3.8) is 0 Å². The van der Waals surface area contributed by atoms with E-state index < -0.39 is 0 Å². The second-order valence-electron chi connectivity index (χ2n) is 5.01. The van der Waals surface area contributed by atoms with Gasteiger partial charge in [-0.05, 0) is 30.4 Å². The molecule has 0 saturated heterocycles. The van der Waals surface area contributed by atoms with Crippen LogP contribution in [0.25, 0.3) is 5.57 Å². The molecule has 0 atom stereocenters. The van der Waals surface area contributed by atoms with Crippen molar-refractivity contribution in [2.75, 3.05) is 0 Å². The monoisotopic (exact) mass is 244 g/mol. The van der Waals surface area contributed by atoms with Crippen LogP contribution in [0, 0.1) is 0 Å². The fourth-order valence-electron chi connectivity index (χ4n) is 2.32. The molecule has 0 unspecified atom stereocenters. The lowest BCUT2D eigenvalue weighted by Gasteiger charge is -2.05. The van der Waals surface area contributed by atoms with E-state index in [-0.39, 0.29) is 0 Å². The molecule has 0 N–H and O–H groups in total. The van der Waals surface area contributed by atoms with Crippen LogP contribution < -0.4 is 0 Å². The molecule has 0 nitrogen and oxygen atoms in total. The van der Waals surface area contributed by atoms with Crippen molar-refractivity contribution in [2.45, 2.75) is 65.2 Å². The maximum absolute atomic E-state index is 2.44. The zero-order chi connectivity index (χ0) is 13.1. The largest absolute Gasteiger partial charge is 0.0807 e. The summed E-state index contributed by atoms with van der Waals surface area (Å²) in [6, 6.07) is 10.8. The third-order valence-electron chi connectivity index (χ3n) is 3.47. The summed E-state index contributed by atoms with van der Waals surface area (Å²) >= 11 is 0. The van der Waals surface area contributed by atoms with Gasteiger partial charge in [0.05, 0.1) is 0 Å². The summed E-state index contributed by atoms with van der Waals surface area (Å²) in [5.41, 5.74) is 2.90. The van der Waals surface area contributed by atoms with E-state index in [1.54, 1.807) is 0 Å². The summed E-state index contributed by atoms with van der Waals surface area (Å²) in [7, 11) is 0. The minimum absolute atomic E-state index is 1.14. The zero-order valence-corrected chi connectivity index (χ0v) is 12.1. The van der Waals surface area contributed by atoms with E-state index in [1.807, 2.05) is 0 Å². The van der Waals surface area contributed by atoms with Crippen LogP contribution in [-0.4, -0.2) is 0 Å².